The highest BCUT2D eigenvalue weighted by molar-refractivity contribution is 5.33. The minimum absolute atomic E-state index is 0.00628. The minimum Gasteiger partial charge on any atom is -0.488 e. The Morgan fingerprint density at radius 1 is 0.338 bits per heavy atom. The molecule has 1 rings (SSSR count). The molecule has 12 unspecified atom stereocenters. The molecule has 0 radical (unpaired) electrons. The molecular weight excluding hydrogens is 957 g/mol. The summed E-state index contributed by atoms with van der Waals surface area (Å²) in [5.74, 6) is 0.964. The van der Waals surface area contributed by atoms with E-state index in [1.54, 1.807) is 0 Å². The van der Waals surface area contributed by atoms with Gasteiger partial charge in [0, 0.05) is 0 Å². The van der Waals surface area contributed by atoms with Gasteiger partial charge in [0.2, 0.25) is 0 Å². The highest BCUT2D eigenvalue weighted by atomic mass is 16.6. The first-order valence-electron chi connectivity index (χ1n) is 28.0. The topological polar surface area (TPSA) is 190 Å². The average molecular weight is 1070 g/mol. The summed E-state index contributed by atoms with van der Waals surface area (Å²) in [6, 6.07) is 8.40. The van der Waals surface area contributed by atoms with Gasteiger partial charge in [-0.05, 0) is 108 Å². The summed E-state index contributed by atoms with van der Waals surface area (Å²) in [6.45, 7) is 32.8. The van der Waals surface area contributed by atoms with Gasteiger partial charge >= 0.3 is 0 Å². The average Bonchev–Trinajstić information content (AvgIpc) is 3.39. The molecule has 440 valence electrons. The van der Waals surface area contributed by atoms with E-state index in [0.717, 1.165) is 12.2 Å². The summed E-state index contributed by atoms with van der Waals surface area (Å²) in [7, 11) is 0. The molecule has 0 saturated heterocycles. The molecule has 3 N–H and O–H groups in total. The molecule has 0 fully saturated rings. The summed E-state index contributed by atoms with van der Waals surface area (Å²) in [6.07, 6.45) is 9.06. The van der Waals surface area contributed by atoms with Crippen LogP contribution in [-0.2, 0) is 68.0 Å². The molecule has 0 bridgehead atoms. The smallest absolute Gasteiger partial charge is 0.123 e. The van der Waals surface area contributed by atoms with Crippen LogP contribution in [0.25, 0.3) is 0 Å². The van der Waals surface area contributed by atoms with Crippen molar-refractivity contribution in [1.82, 2.24) is 0 Å². The molecule has 0 aliphatic heterocycles. The fraction of sp³-hybridized carbons (Fsp3) is 0.895. The van der Waals surface area contributed by atoms with Crippen LogP contribution in [-0.4, -0.2) is 207 Å². The van der Waals surface area contributed by atoms with Crippen LogP contribution in [0.15, 0.2) is 24.3 Å². The normalized spacial score (nSPS) is 16.8. The molecule has 0 saturated carbocycles. The summed E-state index contributed by atoms with van der Waals surface area (Å²) >= 11 is 0. The summed E-state index contributed by atoms with van der Waals surface area (Å²) < 4.78 is 81.2. The van der Waals surface area contributed by atoms with E-state index >= 15 is 0 Å². The molecule has 0 aromatic heterocycles. The molecule has 1 aromatic rings. The Kier molecular flexibility index (Phi) is 48.6. The van der Waals surface area contributed by atoms with Gasteiger partial charge in [0.15, 0.2) is 0 Å². The van der Waals surface area contributed by atoms with E-state index in [1.807, 2.05) is 82.2 Å². The Balaban J connectivity index is 0.00000477. The van der Waals surface area contributed by atoms with Crippen molar-refractivity contribution >= 4 is 0 Å². The Morgan fingerprint density at radius 2 is 0.622 bits per heavy atom. The van der Waals surface area contributed by atoms with Crippen LogP contribution in [0.2, 0.25) is 0 Å². The fourth-order valence-electron chi connectivity index (χ4n) is 6.63. The van der Waals surface area contributed by atoms with E-state index in [0.29, 0.717) is 99.1 Å². The maximum Gasteiger partial charge on any atom is 0.123 e. The van der Waals surface area contributed by atoms with E-state index in [2.05, 4.69) is 32.0 Å². The van der Waals surface area contributed by atoms with Crippen molar-refractivity contribution in [3.8, 4) is 5.75 Å². The standard InChI is InChI=1S/C51H96O13.C6H14O4/c1-14-15-16-17-18-19-20-23-50-24-21-22-25-51(50)64-49(13)37-63-48(12)36-62-47(11)35-61-46(10)34-60-45(9)33-59-44(8)32-58-43(7)31-57-42(6)30-56-41(5)29-55-40(4)28-54-39(3)27-53-38(2)26-52;7-1-3-9-5-6-10-4-2-8/h21-22,24-25,38-49,52H,14-20,23,26-37H2,1-13H3;7-8H,1-6H2. The number of unbranched alkanes of at least 4 members (excludes halogenated alkanes) is 6. The Bertz CT molecular complexity index is 1330. The number of aliphatic hydroxyl groups is 3. The maximum absolute atomic E-state index is 9.07. The lowest BCUT2D eigenvalue weighted by Crippen LogP contribution is -2.31. The lowest BCUT2D eigenvalue weighted by Gasteiger charge is -2.23. The van der Waals surface area contributed by atoms with Crippen LogP contribution in [0, 0.1) is 0 Å². The van der Waals surface area contributed by atoms with Gasteiger partial charge in [0.05, 0.1) is 186 Å². The van der Waals surface area contributed by atoms with Gasteiger partial charge in [-0.3, -0.25) is 0 Å². The van der Waals surface area contributed by atoms with Crippen LogP contribution in [0.4, 0.5) is 0 Å². The molecule has 0 amide bonds. The summed E-state index contributed by atoms with van der Waals surface area (Å²) in [5, 5.41) is 25.6. The Labute approximate surface area is 449 Å². The van der Waals surface area contributed by atoms with Crippen LogP contribution >= 0.6 is 0 Å². The number of hydrogen-bond donors (Lipinski definition) is 3. The van der Waals surface area contributed by atoms with Gasteiger partial charge in [0.25, 0.3) is 0 Å². The number of aryl methyl sites for hydroxylation is 1. The zero-order valence-corrected chi connectivity index (χ0v) is 48.7. The third-order valence-electron chi connectivity index (χ3n) is 11.2. The summed E-state index contributed by atoms with van der Waals surface area (Å²) in [5.41, 5.74) is 1.28. The molecule has 17 nitrogen and oxygen atoms in total. The van der Waals surface area contributed by atoms with Gasteiger partial charge in [-0.2, -0.15) is 0 Å². The Morgan fingerprint density at radius 3 is 0.932 bits per heavy atom. The van der Waals surface area contributed by atoms with Crippen LogP contribution < -0.4 is 4.74 Å². The number of hydrogen-bond acceptors (Lipinski definition) is 17. The van der Waals surface area contributed by atoms with Crippen molar-refractivity contribution in [2.75, 3.05) is 119 Å². The zero-order chi connectivity index (χ0) is 55.2. The number of para-hydroxylation sites is 1. The lowest BCUT2D eigenvalue weighted by molar-refractivity contribution is -0.113. The molecule has 17 heteroatoms. The van der Waals surface area contributed by atoms with E-state index in [-0.39, 0.29) is 93.1 Å². The van der Waals surface area contributed by atoms with E-state index in [1.165, 1.54) is 50.5 Å². The van der Waals surface area contributed by atoms with Crippen molar-refractivity contribution in [3.05, 3.63) is 29.8 Å². The van der Waals surface area contributed by atoms with E-state index in [9.17, 15) is 0 Å². The quantitative estimate of drug-likeness (QED) is 0.0529. The number of rotatable bonds is 51. The third kappa shape index (κ3) is 45.4. The van der Waals surface area contributed by atoms with Gasteiger partial charge < -0.3 is 81.6 Å². The largest absolute Gasteiger partial charge is 0.488 e. The molecule has 12 atom stereocenters. The SMILES string of the molecule is CCCCCCCCCc1ccccc1OC(C)COC(C)COC(C)COC(C)COC(C)COC(C)COC(C)COC(C)COC(C)COC(C)COC(C)COC(C)CO.OCCOCCOCCO. The first-order chi connectivity index (χ1) is 35.5. The second kappa shape index (κ2) is 49.7. The fourth-order valence-corrected chi connectivity index (χ4v) is 6.63. The van der Waals surface area contributed by atoms with Crippen molar-refractivity contribution in [2.45, 2.75) is 215 Å². The third-order valence-corrected chi connectivity index (χ3v) is 11.2. The molecule has 0 aliphatic carbocycles. The van der Waals surface area contributed by atoms with Crippen molar-refractivity contribution < 1.29 is 81.6 Å². The van der Waals surface area contributed by atoms with Crippen LogP contribution in [0.3, 0.4) is 0 Å². The monoisotopic (exact) mass is 1070 g/mol. The first-order valence-corrected chi connectivity index (χ1v) is 28.0. The predicted octanol–water partition coefficient (Wildman–Crippen LogP) is 8.20. The lowest BCUT2D eigenvalue weighted by atomic mass is 10.0. The second-order valence-corrected chi connectivity index (χ2v) is 19.8. The van der Waals surface area contributed by atoms with Gasteiger partial charge in [0.1, 0.15) is 11.9 Å². The van der Waals surface area contributed by atoms with Gasteiger partial charge in [-0.1, -0.05) is 63.6 Å². The summed E-state index contributed by atoms with van der Waals surface area (Å²) in [4.78, 5) is 0. The Hall–Kier alpha value is -1.62. The molecule has 1 aromatic carbocycles. The molecule has 0 spiro atoms. The van der Waals surface area contributed by atoms with E-state index < -0.39 is 0 Å². The second-order valence-electron chi connectivity index (χ2n) is 19.8. The number of aliphatic hydroxyl groups excluding tert-OH is 3. The van der Waals surface area contributed by atoms with Gasteiger partial charge in [-0.25, -0.2) is 0 Å². The first kappa shape index (κ1) is 72.4. The highest BCUT2D eigenvalue weighted by Gasteiger charge is 2.17. The number of ether oxygens (including phenoxy) is 14. The zero-order valence-electron chi connectivity index (χ0n) is 48.7. The molecule has 74 heavy (non-hydrogen) atoms. The van der Waals surface area contributed by atoms with Crippen molar-refractivity contribution in [3.63, 3.8) is 0 Å². The van der Waals surface area contributed by atoms with E-state index in [4.69, 9.17) is 81.6 Å². The van der Waals surface area contributed by atoms with Crippen LogP contribution in [0.5, 0.6) is 5.75 Å². The van der Waals surface area contributed by atoms with Crippen LogP contribution in [0.1, 0.15) is 141 Å². The number of benzene rings is 1. The predicted molar refractivity (Wildman–Crippen MR) is 291 cm³/mol. The minimum atomic E-state index is -0.198. The highest BCUT2D eigenvalue weighted by Crippen LogP contribution is 2.22. The van der Waals surface area contributed by atoms with Gasteiger partial charge in [-0.15, -0.1) is 0 Å². The maximum atomic E-state index is 9.07. The van der Waals surface area contributed by atoms with Crippen molar-refractivity contribution in [1.29, 1.82) is 0 Å². The molecular formula is C57H110O17. The van der Waals surface area contributed by atoms with Crippen molar-refractivity contribution in [2.24, 2.45) is 0 Å². The molecule has 0 heterocycles. The molecule has 0 aliphatic rings.